The molecule has 2 rings (SSSR count). The molecule has 0 saturated carbocycles. The Bertz CT molecular complexity index is 456. The molecule has 0 saturated heterocycles. The van der Waals surface area contributed by atoms with Gasteiger partial charge in [0.2, 0.25) is 0 Å². The highest BCUT2D eigenvalue weighted by Crippen LogP contribution is 2.23. The molecule has 2 aromatic heterocycles. The van der Waals surface area contributed by atoms with Gasteiger partial charge in [-0.05, 0) is 34.5 Å². The number of aromatic nitrogens is 2. The molecule has 0 aliphatic heterocycles. The second kappa shape index (κ2) is 5.41. The largest absolute Gasteiger partial charge is 0.369 e. The van der Waals surface area contributed by atoms with Crippen molar-refractivity contribution in [1.29, 1.82) is 0 Å². The number of rotatable bonds is 4. The summed E-state index contributed by atoms with van der Waals surface area (Å²) in [6.45, 7) is 2.90. The zero-order valence-electron chi connectivity index (χ0n) is 8.90. The Balaban J connectivity index is 1.92. The van der Waals surface area contributed by atoms with E-state index in [0.717, 1.165) is 28.3 Å². The lowest BCUT2D eigenvalue weighted by Crippen LogP contribution is -2.07. The fraction of sp³-hybridized carbons (Fsp3) is 0.273. The molecular formula is C11H12BrN3S. The van der Waals surface area contributed by atoms with Crippen molar-refractivity contribution >= 4 is 33.1 Å². The molecule has 16 heavy (non-hydrogen) atoms. The van der Waals surface area contributed by atoms with Gasteiger partial charge in [-0.3, -0.25) is 0 Å². The lowest BCUT2D eigenvalue weighted by Gasteiger charge is -2.07. The van der Waals surface area contributed by atoms with Crippen molar-refractivity contribution in [3.05, 3.63) is 38.9 Å². The zero-order chi connectivity index (χ0) is 11.4. The van der Waals surface area contributed by atoms with Gasteiger partial charge in [0.25, 0.3) is 0 Å². The maximum absolute atomic E-state index is 4.28. The summed E-state index contributed by atoms with van der Waals surface area (Å²) in [5.41, 5.74) is 1.19. The van der Waals surface area contributed by atoms with E-state index in [1.54, 1.807) is 11.3 Å². The summed E-state index contributed by atoms with van der Waals surface area (Å²) >= 11 is 5.20. The van der Waals surface area contributed by atoms with Gasteiger partial charge in [-0.25, -0.2) is 9.97 Å². The van der Waals surface area contributed by atoms with Crippen molar-refractivity contribution in [2.75, 3.05) is 11.9 Å². The van der Waals surface area contributed by atoms with Crippen LogP contribution in [0, 0.1) is 6.92 Å². The molecule has 0 fully saturated rings. The average molecular weight is 298 g/mol. The summed E-state index contributed by atoms with van der Waals surface area (Å²) in [5, 5.41) is 6.45. The third-order valence-corrected chi connectivity index (χ3v) is 4.04. The summed E-state index contributed by atoms with van der Waals surface area (Å²) in [5.74, 6) is 0.900. The van der Waals surface area contributed by atoms with E-state index in [1.807, 2.05) is 23.8 Å². The van der Waals surface area contributed by atoms with Gasteiger partial charge in [-0.1, -0.05) is 0 Å². The smallest absolute Gasteiger partial charge is 0.140 e. The molecule has 2 heterocycles. The highest BCUT2D eigenvalue weighted by molar-refractivity contribution is 9.10. The third kappa shape index (κ3) is 2.80. The van der Waals surface area contributed by atoms with E-state index in [-0.39, 0.29) is 0 Å². The predicted molar refractivity (Wildman–Crippen MR) is 71.0 cm³/mol. The maximum Gasteiger partial charge on any atom is 0.140 e. The number of nitrogens with one attached hydrogen (secondary N) is 1. The molecule has 0 spiro atoms. The number of aryl methyl sites for hydroxylation is 1. The van der Waals surface area contributed by atoms with E-state index >= 15 is 0 Å². The van der Waals surface area contributed by atoms with Crippen molar-refractivity contribution in [3.63, 3.8) is 0 Å². The van der Waals surface area contributed by atoms with Crippen LogP contribution >= 0.6 is 27.3 Å². The first-order valence-electron chi connectivity index (χ1n) is 5.00. The minimum Gasteiger partial charge on any atom is -0.369 e. The standard InChI is InChI=1S/C11H12BrN3S/c1-8-2-4-14-11(10(8)12)15-5-3-9-13-6-7-16-9/h2,4,6-7H,3,5H2,1H3,(H,14,15). The van der Waals surface area contributed by atoms with Crippen molar-refractivity contribution in [1.82, 2.24) is 9.97 Å². The molecule has 3 nitrogen and oxygen atoms in total. The summed E-state index contributed by atoms with van der Waals surface area (Å²) in [6.07, 6.45) is 4.58. The SMILES string of the molecule is Cc1ccnc(NCCc2nccs2)c1Br. The van der Waals surface area contributed by atoms with Crippen LogP contribution in [0.25, 0.3) is 0 Å². The molecule has 84 valence electrons. The predicted octanol–water partition coefficient (Wildman–Crippen LogP) is 3.26. The normalized spacial score (nSPS) is 10.4. The number of nitrogens with zero attached hydrogens (tertiary/aromatic N) is 2. The van der Waals surface area contributed by atoms with Gasteiger partial charge in [0.1, 0.15) is 5.82 Å². The van der Waals surface area contributed by atoms with Crippen LogP contribution in [0.5, 0.6) is 0 Å². The van der Waals surface area contributed by atoms with Crippen LogP contribution in [0.4, 0.5) is 5.82 Å². The Morgan fingerprint density at radius 3 is 3.00 bits per heavy atom. The van der Waals surface area contributed by atoms with Gasteiger partial charge >= 0.3 is 0 Å². The van der Waals surface area contributed by atoms with E-state index in [1.165, 1.54) is 5.56 Å². The highest BCUT2D eigenvalue weighted by atomic mass is 79.9. The monoisotopic (exact) mass is 297 g/mol. The van der Waals surface area contributed by atoms with Crippen LogP contribution in [0.2, 0.25) is 0 Å². The molecule has 2 aromatic rings. The second-order valence-electron chi connectivity index (χ2n) is 3.39. The van der Waals surface area contributed by atoms with E-state index in [2.05, 4.69) is 38.1 Å². The van der Waals surface area contributed by atoms with Gasteiger partial charge in [-0.15, -0.1) is 11.3 Å². The number of anilines is 1. The molecular weight excluding hydrogens is 286 g/mol. The fourth-order valence-electron chi connectivity index (χ4n) is 1.33. The molecule has 0 aliphatic rings. The Kier molecular flexibility index (Phi) is 3.90. The van der Waals surface area contributed by atoms with Gasteiger partial charge in [-0.2, -0.15) is 0 Å². The summed E-state index contributed by atoms with van der Waals surface area (Å²) in [6, 6.07) is 1.98. The first-order valence-corrected chi connectivity index (χ1v) is 6.68. The van der Waals surface area contributed by atoms with Crippen LogP contribution in [-0.4, -0.2) is 16.5 Å². The Labute approximate surface area is 107 Å². The zero-order valence-corrected chi connectivity index (χ0v) is 11.3. The van der Waals surface area contributed by atoms with Crippen LogP contribution in [-0.2, 0) is 6.42 Å². The molecule has 1 N–H and O–H groups in total. The topological polar surface area (TPSA) is 37.8 Å². The van der Waals surface area contributed by atoms with Crippen LogP contribution in [0.1, 0.15) is 10.6 Å². The molecule has 0 unspecified atom stereocenters. The number of thiazole rings is 1. The van der Waals surface area contributed by atoms with E-state index < -0.39 is 0 Å². The lowest BCUT2D eigenvalue weighted by molar-refractivity contribution is 0.984. The quantitative estimate of drug-likeness (QED) is 0.941. The lowest BCUT2D eigenvalue weighted by atomic mass is 10.3. The Hall–Kier alpha value is -0.940. The van der Waals surface area contributed by atoms with Gasteiger partial charge < -0.3 is 5.32 Å². The first-order chi connectivity index (χ1) is 7.77. The van der Waals surface area contributed by atoms with Crippen molar-refractivity contribution in [3.8, 4) is 0 Å². The third-order valence-electron chi connectivity index (χ3n) is 2.20. The molecule has 0 bridgehead atoms. The van der Waals surface area contributed by atoms with E-state index in [4.69, 9.17) is 0 Å². The number of hydrogen-bond donors (Lipinski definition) is 1. The number of hydrogen-bond acceptors (Lipinski definition) is 4. The molecule has 0 radical (unpaired) electrons. The fourth-order valence-corrected chi connectivity index (χ4v) is 2.32. The second-order valence-corrected chi connectivity index (χ2v) is 5.17. The van der Waals surface area contributed by atoms with Crippen LogP contribution < -0.4 is 5.32 Å². The molecule has 5 heteroatoms. The maximum atomic E-state index is 4.28. The van der Waals surface area contributed by atoms with Crippen molar-refractivity contribution < 1.29 is 0 Å². The Morgan fingerprint density at radius 1 is 1.38 bits per heavy atom. The molecule has 0 amide bonds. The van der Waals surface area contributed by atoms with E-state index in [0.29, 0.717) is 0 Å². The Morgan fingerprint density at radius 2 is 2.25 bits per heavy atom. The molecule has 0 aromatic carbocycles. The minimum absolute atomic E-state index is 0.850. The number of pyridine rings is 1. The van der Waals surface area contributed by atoms with Crippen molar-refractivity contribution in [2.45, 2.75) is 13.3 Å². The molecule has 0 aliphatic carbocycles. The first kappa shape index (κ1) is 11.5. The summed E-state index contributed by atoms with van der Waals surface area (Å²) in [4.78, 5) is 8.52. The van der Waals surface area contributed by atoms with Crippen molar-refractivity contribution in [2.24, 2.45) is 0 Å². The van der Waals surface area contributed by atoms with Crippen LogP contribution in [0.15, 0.2) is 28.3 Å². The van der Waals surface area contributed by atoms with Crippen LogP contribution in [0.3, 0.4) is 0 Å². The van der Waals surface area contributed by atoms with E-state index in [9.17, 15) is 0 Å². The average Bonchev–Trinajstić information content (AvgIpc) is 2.77. The highest BCUT2D eigenvalue weighted by Gasteiger charge is 2.03. The van der Waals surface area contributed by atoms with Gasteiger partial charge in [0.15, 0.2) is 0 Å². The minimum atomic E-state index is 0.850. The van der Waals surface area contributed by atoms with Gasteiger partial charge in [0, 0.05) is 30.7 Å². The van der Waals surface area contributed by atoms with Gasteiger partial charge in [0.05, 0.1) is 9.48 Å². The number of halogens is 1. The summed E-state index contributed by atoms with van der Waals surface area (Å²) < 4.78 is 1.04. The summed E-state index contributed by atoms with van der Waals surface area (Å²) in [7, 11) is 0. The molecule has 0 atom stereocenters.